The van der Waals surface area contributed by atoms with Crippen LogP contribution in [0.3, 0.4) is 0 Å². The highest BCUT2D eigenvalue weighted by molar-refractivity contribution is 8.14. The second kappa shape index (κ2) is 7.31. The summed E-state index contributed by atoms with van der Waals surface area (Å²) in [6.45, 7) is 11.0. The predicted octanol–water partition coefficient (Wildman–Crippen LogP) is 2.29. The fraction of sp³-hybridized carbons (Fsp3) is 0.667. The van der Waals surface area contributed by atoms with Crippen molar-refractivity contribution in [3.63, 3.8) is 0 Å². The summed E-state index contributed by atoms with van der Waals surface area (Å²) >= 11 is 1.93. The van der Waals surface area contributed by atoms with Crippen LogP contribution in [0.15, 0.2) is 23.3 Å². The van der Waals surface area contributed by atoms with Crippen molar-refractivity contribution in [3.8, 4) is 0 Å². The van der Waals surface area contributed by atoms with Gasteiger partial charge in [-0.05, 0) is 24.5 Å². The van der Waals surface area contributed by atoms with Gasteiger partial charge in [0.1, 0.15) is 5.82 Å². The molecule has 0 bridgehead atoms. The molecular formula is C18H27N5S. The molecule has 1 aromatic heterocycles. The monoisotopic (exact) mass is 345 g/mol. The topological polar surface area (TPSA) is 35.0 Å². The van der Waals surface area contributed by atoms with E-state index in [0.717, 1.165) is 58.2 Å². The van der Waals surface area contributed by atoms with Gasteiger partial charge in [-0.1, -0.05) is 24.8 Å². The molecule has 0 aromatic carbocycles. The van der Waals surface area contributed by atoms with Crippen molar-refractivity contribution in [3.05, 3.63) is 23.9 Å². The number of aromatic nitrogens is 1. The Balaban J connectivity index is 1.27. The first-order valence-corrected chi connectivity index (χ1v) is 10.0. The van der Waals surface area contributed by atoms with Gasteiger partial charge in [0, 0.05) is 57.3 Å². The Kier molecular flexibility index (Phi) is 4.94. The standard InChI is InChI=1S/C18H27N5S/c1-15-12-20-18(24-15)23-10-8-21(9-11-23)14-16-4-5-17(19-13-16)22-6-2-3-7-22/h4-5,13,15H,2-3,6-12,14H2,1H3/t15-/m1/s1. The molecule has 4 heterocycles. The normalized spacial score (nSPS) is 25.4. The van der Waals surface area contributed by atoms with Crippen LogP contribution in [0.4, 0.5) is 5.82 Å². The van der Waals surface area contributed by atoms with Crippen molar-refractivity contribution in [1.29, 1.82) is 0 Å². The lowest BCUT2D eigenvalue weighted by molar-refractivity contribution is 0.177. The molecule has 0 saturated carbocycles. The zero-order valence-electron chi connectivity index (χ0n) is 14.5. The van der Waals surface area contributed by atoms with Crippen LogP contribution < -0.4 is 4.90 Å². The Morgan fingerprint density at radius 3 is 2.46 bits per heavy atom. The molecule has 4 rings (SSSR count). The van der Waals surface area contributed by atoms with Gasteiger partial charge in [0.15, 0.2) is 5.17 Å². The maximum Gasteiger partial charge on any atom is 0.159 e. The number of nitrogens with zero attached hydrogens (tertiary/aromatic N) is 5. The third-order valence-electron chi connectivity index (χ3n) is 5.08. The lowest BCUT2D eigenvalue weighted by atomic mass is 10.2. The largest absolute Gasteiger partial charge is 0.357 e. The van der Waals surface area contributed by atoms with Gasteiger partial charge >= 0.3 is 0 Å². The lowest BCUT2D eigenvalue weighted by Crippen LogP contribution is -2.47. The van der Waals surface area contributed by atoms with Gasteiger partial charge in [0.2, 0.25) is 0 Å². The first-order chi connectivity index (χ1) is 11.8. The fourth-order valence-corrected chi connectivity index (χ4v) is 4.62. The third-order valence-corrected chi connectivity index (χ3v) is 6.23. The molecule has 1 atom stereocenters. The molecule has 0 aliphatic carbocycles. The van der Waals surface area contributed by atoms with Crippen LogP contribution in [0.5, 0.6) is 0 Å². The van der Waals surface area contributed by atoms with Crippen LogP contribution in [-0.4, -0.2) is 71.0 Å². The van der Waals surface area contributed by atoms with E-state index in [1.807, 2.05) is 11.8 Å². The number of thioether (sulfide) groups is 1. The summed E-state index contributed by atoms with van der Waals surface area (Å²) < 4.78 is 0. The summed E-state index contributed by atoms with van der Waals surface area (Å²) in [4.78, 5) is 16.7. The van der Waals surface area contributed by atoms with Crippen LogP contribution >= 0.6 is 11.8 Å². The summed E-state index contributed by atoms with van der Waals surface area (Å²) in [5, 5.41) is 1.91. The van der Waals surface area contributed by atoms with E-state index in [4.69, 9.17) is 0 Å². The van der Waals surface area contributed by atoms with Gasteiger partial charge < -0.3 is 9.80 Å². The number of hydrogen-bond donors (Lipinski definition) is 0. The van der Waals surface area contributed by atoms with E-state index in [0.29, 0.717) is 5.25 Å². The second-order valence-electron chi connectivity index (χ2n) is 7.03. The first-order valence-electron chi connectivity index (χ1n) is 9.16. The molecule has 2 fully saturated rings. The van der Waals surface area contributed by atoms with Crippen LogP contribution in [0.2, 0.25) is 0 Å². The minimum atomic E-state index is 0.651. The van der Waals surface area contributed by atoms with Crippen LogP contribution in [0.25, 0.3) is 0 Å². The van der Waals surface area contributed by atoms with Gasteiger partial charge in [0.25, 0.3) is 0 Å². The minimum Gasteiger partial charge on any atom is -0.357 e. The zero-order valence-corrected chi connectivity index (χ0v) is 15.3. The molecule has 0 amide bonds. The molecule has 6 heteroatoms. The molecular weight excluding hydrogens is 318 g/mol. The van der Waals surface area contributed by atoms with Gasteiger partial charge in [-0.25, -0.2) is 4.98 Å². The van der Waals surface area contributed by atoms with E-state index in [1.54, 1.807) is 0 Å². The van der Waals surface area contributed by atoms with Crippen molar-refractivity contribution in [2.24, 2.45) is 4.99 Å². The van der Waals surface area contributed by atoms with Gasteiger partial charge in [-0.15, -0.1) is 0 Å². The molecule has 2 saturated heterocycles. The van der Waals surface area contributed by atoms with Crippen LogP contribution in [0, 0.1) is 0 Å². The quantitative estimate of drug-likeness (QED) is 0.840. The van der Waals surface area contributed by atoms with Gasteiger partial charge in [0.05, 0.1) is 6.54 Å². The fourth-order valence-electron chi connectivity index (χ4n) is 3.63. The van der Waals surface area contributed by atoms with E-state index in [-0.39, 0.29) is 0 Å². The minimum absolute atomic E-state index is 0.651. The number of piperazine rings is 1. The highest BCUT2D eigenvalue weighted by Crippen LogP contribution is 2.24. The Labute approximate surface area is 149 Å². The molecule has 0 N–H and O–H groups in total. The predicted molar refractivity (Wildman–Crippen MR) is 102 cm³/mol. The number of anilines is 1. The summed E-state index contributed by atoms with van der Waals surface area (Å²) in [5.41, 5.74) is 1.33. The SMILES string of the molecule is C[C@@H]1CN=C(N2CCN(Cc3ccc(N4CCCC4)nc3)CC2)S1. The maximum atomic E-state index is 4.68. The number of rotatable bonds is 3. The molecule has 3 aliphatic rings. The molecule has 1 aromatic rings. The van der Waals surface area contributed by atoms with Crippen molar-refractivity contribution in [1.82, 2.24) is 14.8 Å². The van der Waals surface area contributed by atoms with Crippen molar-refractivity contribution in [2.75, 3.05) is 50.7 Å². The number of aliphatic imine (C=N–C) groups is 1. The molecule has 3 aliphatic heterocycles. The van der Waals surface area contributed by atoms with Crippen molar-refractivity contribution < 1.29 is 0 Å². The second-order valence-corrected chi connectivity index (χ2v) is 8.44. The van der Waals surface area contributed by atoms with Crippen LogP contribution in [0.1, 0.15) is 25.3 Å². The summed E-state index contributed by atoms with van der Waals surface area (Å²) in [5.74, 6) is 1.14. The number of amidine groups is 1. The average molecular weight is 346 g/mol. The van der Waals surface area contributed by atoms with Gasteiger partial charge in [-0.2, -0.15) is 0 Å². The molecule has 130 valence electrons. The number of pyridine rings is 1. The molecule has 24 heavy (non-hydrogen) atoms. The van der Waals surface area contributed by atoms with Crippen molar-refractivity contribution in [2.45, 2.75) is 31.6 Å². The van der Waals surface area contributed by atoms with E-state index in [9.17, 15) is 0 Å². The van der Waals surface area contributed by atoms with E-state index >= 15 is 0 Å². The highest BCUT2D eigenvalue weighted by Gasteiger charge is 2.24. The van der Waals surface area contributed by atoms with E-state index in [1.165, 1.54) is 23.6 Å². The summed E-state index contributed by atoms with van der Waals surface area (Å²) in [6.07, 6.45) is 4.67. The molecule has 5 nitrogen and oxygen atoms in total. The zero-order chi connectivity index (χ0) is 16.4. The Morgan fingerprint density at radius 1 is 1.04 bits per heavy atom. The van der Waals surface area contributed by atoms with E-state index < -0.39 is 0 Å². The molecule has 0 radical (unpaired) electrons. The Hall–Kier alpha value is -1.27. The Bertz CT molecular complexity index is 574. The Morgan fingerprint density at radius 2 is 1.83 bits per heavy atom. The summed E-state index contributed by atoms with van der Waals surface area (Å²) in [6, 6.07) is 4.45. The lowest BCUT2D eigenvalue weighted by Gasteiger charge is -2.35. The summed E-state index contributed by atoms with van der Waals surface area (Å²) in [7, 11) is 0. The van der Waals surface area contributed by atoms with Gasteiger partial charge in [-0.3, -0.25) is 9.89 Å². The first kappa shape index (κ1) is 16.2. The van der Waals surface area contributed by atoms with E-state index in [2.05, 4.69) is 49.9 Å². The third kappa shape index (κ3) is 3.70. The maximum absolute atomic E-state index is 4.68. The number of hydrogen-bond acceptors (Lipinski definition) is 6. The molecule has 0 spiro atoms. The van der Waals surface area contributed by atoms with Crippen molar-refractivity contribution >= 4 is 22.7 Å². The molecule has 0 unspecified atom stereocenters. The average Bonchev–Trinajstić information content (AvgIpc) is 3.28. The smallest absolute Gasteiger partial charge is 0.159 e. The highest BCUT2D eigenvalue weighted by atomic mass is 32.2. The van der Waals surface area contributed by atoms with Crippen LogP contribution in [-0.2, 0) is 6.54 Å².